The number of thiophene rings is 1. The van der Waals surface area contributed by atoms with Crippen LogP contribution in [0.15, 0.2) is 59.0 Å². The maximum atomic E-state index is 14.1. The molecule has 64 heavy (non-hydrogen) atoms. The average molecular weight is 905 g/mol. The Morgan fingerprint density at radius 2 is 1.56 bits per heavy atom. The normalized spacial score (nSPS) is 18.2. The molecule has 0 spiro atoms. The smallest absolute Gasteiger partial charge is 0.246 e. The Labute approximate surface area is 386 Å². The molecule has 1 fully saturated rings. The van der Waals surface area contributed by atoms with E-state index in [9.17, 15) is 19.5 Å². The number of nitrogens with one attached hydrogen (secondary N) is 2. The average Bonchev–Trinajstić information content (AvgIpc) is 4.03. The van der Waals surface area contributed by atoms with Gasteiger partial charge in [0.05, 0.1) is 33.9 Å². The minimum Gasteiger partial charge on any atom is -0.391 e. The van der Waals surface area contributed by atoms with Gasteiger partial charge in [0.15, 0.2) is 5.82 Å². The maximum absolute atomic E-state index is 14.1. The zero-order valence-electron chi connectivity index (χ0n) is 38.8. The van der Waals surface area contributed by atoms with Crippen LogP contribution in [-0.2, 0) is 20.8 Å². The van der Waals surface area contributed by atoms with Crippen LogP contribution in [0.2, 0.25) is 0 Å². The SMILES string of the molecule is Cc1ncsc1-c1ccc([C@H](C)NC(=O)[C@@H]2C[C@@H](O)CN2C(=O)C(NC(=O)CCCCCCCCc2ccc(C3=N[C@@H](C)c4nnc(C)n4-c4sc(C)c(C)c43)cc2)C(C)(C)C)cc1. The molecule has 0 aliphatic carbocycles. The van der Waals surface area contributed by atoms with Crippen LogP contribution in [0.5, 0.6) is 0 Å². The molecule has 1 unspecified atom stereocenters. The Balaban J connectivity index is 0.842. The number of likely N-dealkylation sites (tertiary alicyclic amines) is 1. The number of β-amino-alcohol motifs (C(OH)–C–C–N with tert-alkyl or cyclic N) is 1. The number of carbonyl (C=O) groups excluding carboxylic acids is 3. The summed E-state index contributed by atoms with van der Waals surface area (Å²) in [6.07, 6.45) is 6.66. The second-order valence-electron chi connectivity index (χ2n) is 18.8. The first-order valence-corrected chi connectivity index (χ1v) is 24.5. The second kappa shape index (κ2) is 20.0. The van der Waals surface area contributed by atoms with Gasteiger partial charge in [-0.2, -0.15) is 0 Å². The number of thiazole rings is 1. The van der Waals surface area contributed by atoms with Gasteiger partial charge in [0.1, 0.15) is 29.0 Å². The lowest BCUT2D eigenvalue weighted by Crippen LogP contribution is -2.57. The molecular weight excluding hydrogens is 841 g/mol. The number of amides is 3. The molecule has 5 atom stereocenters. The van der Waals surface area contributed by atoms with Crippen molar-refractivity contribution in [3.8, 4) is 15.4 Å². The predicted molar refractivity (Wildman–Crippen MR) is 256 cm³/mol. The third-order valence-corrected chi connectivity index (χ3v) is 14.9. The maximum Gasteiger partial charge on any atom is 0.246 e. The fourth-order valence-corrected chi connectivity index (χ4v) is 10.9. The van der Waals surface area contributed by atoms with Crippen LogP contribution in [0.1, 0.15) is 148 Å². The van der Waals surface area contributed by atoms with Gasteiger partial charge in [-0.05, 0) is 88.5 Å². The number of aliphatic hydroxyl groups excluding tert-OH is 1. The van der Waals surface area contributed by atoms with Crippen LogP contribution in [0.4, 0.5) is 0 Å². The Hall–Kier alpha value is -5.05. The van der Waals surface area contributed by atoms with Crippen molar-refractivity contribution in [2.45, 2.75) is 150 Å². The standard InChI is InChI=1S/C50H64N8O4S2/c1-29-33(5)64-49-42(29)43(52-32(4)46-56-55-34(6)58(46)49)37-20-18-35(19-21-37)16-14-12-10-11-13-15-17-41(60)54-45(50(7,8)9)48(62)57-27-39(59)26-40(57)47(61)53-30(2)36-22-24-38(25-23-36)44-31(3)51-28-63-44/h18-25,28,30,32,39-40,45,59H,10-17,26-27H2,1-9H3,(H,53,61)(H,54,60)/t30-,32-,39+,40-,45?/m0/s1. The summed E-state index contributed by atoms with van der Waals surface area (Å²) in [6.45, 7) is 18.1. The molecule has 2 aliphatic rings. The highest BCUT2D eigenvalue weighted by atomic mass is 32.1. The summed E-state index contributed by atoms with van der Waals surface area (Å²) in [5.41, 5.74) is 10.1. The number of hydrogen-bond donors (Lipinski definition) is 3. The van der Waals surface area contributed by atoms with Gasteiger partial charge in [-0.1, -0.05) is 95.0 Å². The fourth-order valence-electron chi connectivity index (χ4n) is 8.88. The summed E-state index contributed by atoms with van der Waals surface area (Å²) < 4.78 is 2.17. The van der Waals surface area contributed by atoms with Crippen molar-refractivity contribution in [1.29, 1.82) is 0 Å². The molecule has 1 saturated heterocycles. The minimum absolute atomic E-state index is 0.0404. The van der Waals surface area contributed by atoms with E-state index in [-0.39, 0.29) is 42.8 Å². The van der Waals surface area contributed by atoms with Gasteiger partial charge < -0.3 is 20.6 Å². The molecule has 0 saturated carbocycles. The molecule has 0 bridgehead atoms. The predicted octanol–water partition coefficient (Wildman–Crippen LogP) is 9.24. The van der Waals surface area contributed by atoms with Crippen molar-refractivity contribution < 1.29 is 19.5 Å². The number of carbonyl (C=O) groups is 3. The van der Waals surface area contributed by atoms with E-state index in [0.29, 0.717) is 6.42 Å². The van der Waals surface area contributed by atoms with E-state index in [4.69, 9.17) is 4.99 Å². The van der Waals surface area contributed by atoms with E-state index < -0.39 is 23.6 Å². The Morgan fingerprint density at radius 3 is 2.23 bits per heavy atom. The summed E-state index contributed by atoms with van der Waals surface area (Å²) in [6, 6.07) is 14.8. The first-order chi connectivity index (χ1) is 30.5. The molecule has 14 heteroatoms. The Morgan fingerprint density at radius 1 is 0.891 bits per heavy atom. The van der Waals surface area contributed by atoms with Crippen LogP contribution in [0, 0.1) is 33.1 Å². The largest absolute Gasteiger partial charge is 0.391 e. The number of rotatable bonds is 16. The second-order valence-corrected chi connectivity index (χ2v) is 20.8. The van der Waals surface area contributed by atoms with Crippen LogP contribution in [0.3, 0.4) is 0 Å². The third-order valence-electron chi connectivity index (χ3n) is 12.8. The molecule has 0 radical (unpaired) electrons. The van der Waals surface area contributed by atoms with Crippen LogP contribution < -0.4 is 10.6 Å². The van der Waals surface area contributed by atoms with Crippen LogP contribution in [-0.4, -0.2) is 77.9 Å². The number of hydrogen-bond acceptors (Lipinski definition) is 10. The zero-order valence-corrected chi connectivity index (χ0v) is 40.5. The van der Waals surface area contributed by atoms with E-state index in [1.807, 2.05) is 71.3 Å². The molecule has 2 aromatic carbocycles. The molecule has 7 rings (SSSR count). The monoisotopic (exact) mass is 904 g/mol. The van der Waals surface area contributed by atoms with Crippen molar-refractivity contribution in [2.24, 2.45) is 10.4 Å². The van der Waals surface area contributed by atoms with E-state index in [1.54, 1.807) is 22.7 Å². The summed E-state index contributed by atoms with van der Waals surface area (Å²) >= 11 is 3.37. The molecular formula is C50H64N8O4S2. The van der Waals surface area contributed by atoms with Crippen molar-refractivity contribution in [3.05, 3.63) is 104 Å². The number of aliphatic hydroxyl groups is 1. The van der Waals surface area contributed by atoms with Gasteiger partial charge in [-0.25, -0.2) is 4.98 Å². The van der Waals surface area contributed by atoms with Gasteiger partial charge >= 0.3 is 0 Å². The fraction of sp³-hybridized carbons (Fsp3) is 0.500. The summed E-state index contributed by atoms with van der Waals surface area (Å²) in [7, 11) is 0. The summed E-state index contributed by atoms with van der Waals surface area (Å²) in [5.74, 6) is 0.911. The van der Waals surface area contributed by atoms with Crippen molar-refractivity contribution in [2.75, 3.05) is 6.54 Å². The van der Waals surface area contributed by atoms with Gasteiger partial charge in [0.25, 0.3) is 0 Å². The lowest BCUT2D eigenvalue weighted by molar-refractivity contribution is -0.144. The number of nitrogens with zero attached hydrogens (tertiary/aromatic N) is 6. The molecule has 5 aromatic rings. The summed E-state index contributed by atoms with van der Waals surface area (Å²) in [4.78, 5) is 54.4. The van der Waals surface area contributed by atoms with Gasteiger partial charge in [0, 0.05) is 35.4 Å². The number of fused-ring (bicyclic) bond motifs is 3. The van der Waals surface area contributed by atoms with Crippen molar-refractivity contribution in [1.82, 2.24) is 35.3 Å². The lowest BCUT2D eigenvalue weighted by Gasteiger charge is -2.35. The van der Waals surface area contributed by atoms with E-state index in [0.717, 1.165) is 94.6 Å². The highest BCUT2D eigenvalue weighted by Crippen LogP contribution is 2.39. The zero-order chi connectivity index (χ0) is 45.9. The quantitative estimate of drug-likeness (QED) is 0.0835. The van der Waals surface area contributed by atoms with Crippen LogP contribution in [0.25, 0.3) is 15.4 Å². The molecule has 12 nitrogen and oxygen atoms in total. The van der Waals surface area contributed by atoms with E-state index >= 15 is 0 Å². The number of aliphatic imine (C=N–C) groups is 1. The van der Waals surface area contributed by atoms with Crippen molar-refractivity contribution >= 4 is 46.1 Å². The molecule has 3 amide bonds. The van der Waals surface area contributed by atoms with E-state index in [2.05, 4.69) is 75.4 Å². The minimum atomic E-state index is -0.841. The topological polar surface area (TPSA) is 155 Å². The number of aryl methyl sites for hydroxylation is 4. The molecule has 3 N–H and O–H groups in total. The van der Waals surface area contributed by atoms with Gasteiger partial charge in [-0.15, -0.1) is 32.9 Å². The number of benzene rings is 2. The summed E-state index contributed by atoms with van der Waals surface area (Å²) in [5, 5.41) is 26.7. The Kier molecular flexibility index (Phi) is 14.7. The third kappa shape index (κ3) is 10.4. The molecule has 2 aliphatic heterocycles. The van der Waals surface area contributed by atoms with Crippen LogP contribution >= 0.6 is 22.7 Å². The van der Waals surface area contributed by atoms with E-state index in [1.165, 1.54) is 26.5 Å². The lowest BCUT2D eigenvalue weighted by atomic mass is 9.85. The first kappa shape index (κ1) is 46.9. The first-order valence-electron chi connectivity index (χ1n) is 22.8. The van der Waals surface area contributed by atoms with Gasteiger partial charge in [-0.3, -0.25) is 23.9 Å². The molecule has 340 valence electrons. The highest BCUT2D eigenvalue weighted by Gasteiger charge is 2.44. The number of unbranched alkanes of at least 4 members (excludes halogenated alkanes) is 5. The Bertz CT molecular complexity index is 2480. The molecule has 5 heterocycles. The highest BCUT2D eigenvalue weighted by molar-refractivity contribution is 7.15. The molecule has 3 aromatic heterocycles. The number of aromatic nitrogens is 4. The van der Waals surface area contributed by atoms with Crippen molar-refractivity contribution in [3.63, 3.8) is 0 Å². The van der Waals surface area contributed by atoms with Gasteiger partial charge in [0.2, 0.25) is 17.7 Å².